The molecular weight excluding hydrogens is 374 g/mol. The predicted molar refractivity (Wildman–Crippen MR) is 106 cm³/mol. The summed E-state index contributed by atoms with van der Waals surface area (Å²) in [4.78, 5) is 5.91. The highest BCUT2D eigenvalue weighted by Crippen LogP contribution is 2.29. The van der Waals surface area contributed by atoms with Gasteiger partial charge in [0.1, 0.15) is 0 Å². The Bertz CT molecular complexity index is 1240. The van der Waals surface area contributed by atoms with Crippen molar-refractivity contribution in [1.29, 1.82) is 0 Å². The average Bonchev–Trinajstić information content (AvgIpc) is 3.48. The van der Waals surface area contributed by atoms with Crippen LogP contribution in [0.3, 0.4) is 0 Å². The van der Waals surface area contributed by atoms with Crippen molar-refractivity contribution in [2.24, 2.45) is 0 Å². The van der Waals surface area contributed by atoms with E-state index in [0.29, 0.717) is 12.4 Å². The number of nitrogens with zero attached hydrogens (tertiary/aromatic N) is 7. The third kappa shape index (κ3) is 2.86. The van der Waals surface area contributed by atoms with Gasteiger partial charge in [0.15, 0.2) is 5.65 Å². The van der Waals surface area contributed by atoms with Crippen molar-refractivity contribution in [2.45, 2.75) is 6.54 Å². The van der Waals surface area contributed by atoms with Gasteiger partial charge in [0.25, 0.3) is 0 Å². The van der Waals surface area contributed by atoms with E-state index in [9.17, 15) is 0 Å². The molecule has 0 atom stereocenters. The fourth-order valence-corrected chi connectivity index (χ4v) is 3.75. The van der Waals surface area contributed by atoms with Crippen LogP contribution in [0.1, 0.15) is 0 Å². The Hall–Kier alpha value is -3.43. The average molecular weight is 389 g/mol. The fraction of sp³-hybridized carbons (Fsp3) is 0.105. The lowest BCUT2D eigenvalue weighted by Gasteiger charge is -2.06. The molecule has 28 heavy (non-hydrogen) atoms. The molecule has 0 radical (unpaired) electrons. The summed E-state index contributed by atoms with van der Waals surface area (Å²) in [6, 6.07) is 11.9. The van der Waals surface area contributed by atoms with Crippen molar-refractivity contribution in [3.8, 4) is 33.8 Å². The third-order valence-corrected chi connectivity index (χ3v) is 5.09. The molecule has 0 fully saturated rings. The maximum atomic E-state index is 9.02. The van der Waals surface area contributed by atoms with Gasteiger partial charge in [-0.25, -0.2) is 9.50 Å². The molecule has 5 aromatic rings. The van der Waals surface area contributed by atoms with Gasteiger partial charge >= 0.3 is 0 Å². The Morgan fingerprint density at radius 1 is 1.07 bits per heavy atom. The summed E-state index contributed by atoms with van der Waals surface area (Å²) in [6.07, 6.45) is 3.64. The molecule has 0 aliphatic rings. The van der Waals surface area contributed by atoms with Gasteiger partial charge in [0.2, 0.25) is 5.82 Å². The summed E-state index contributed by atoms with van der Waals surface area (Å²) in [5.74, 6) is 0.514. The molecule has 4 heterocycles. The molecule has 0 bridgehead atoms. The van der Waals surface area contributed by atoms with Gasteiger partial charge in [-0.15, -0.1) is 10.2 Å². The molecule has 0 amide bonds. The summed E-state index contributed by atoms with van der Waals surface area (Å²) in [6.45, 7) is 0.285. The topological polar surface area (TPSA) is 94.0 Å². The Balaban J connectivity index is 1.59. The zero-order valence-corrected chi connectivity index (χ0v) is 15.5. The number of hydrogen-bond acceptors (Lipinski definition) is 7. The zero-order valence-electron chi connectivity index (χ0n) is 14.7. The molecule has 4 aromatic heterocycles. The van der Waals surface area contributed by atoms with Crippen LogP contribution in [0.5, 0.6) is 0 Å². The van der Waals surface area contributed by atoms with E-state index in [2.05, 4.69) is 36.9 Å². The molecule has 0 aliphatic heterocycles. The molecule has 1 aromatic carbocycles. The summed E-state index contributed by atoms with van der Waals surface area (Å²) >= 11 is 1.65. The van der Waals surface area contributed by atoms with Crippen molar-refractivity contribution in [3.63, 3.8) is 0 Å². The second-order valence-electron chi connectivity index (χ2n) is 6.15. The largest absolute Gasteiger partial charge is 0.394 e. The number of aliphatic hydroxyl groups is 1. The van der Waals surface area contributed by atoms with Gasteiger partial charge in [-0.3, -0.25) is 0 Å². The van der Waals surface area contributed by atoms with E-state index in [1.807, 2.05) is 46.4 Å². The first kappa shape index (κ1) is 16.7. The quantitative estimate of drug-likeness (QED) is 0.497. The van der Waals surface area contributed by atoms with E-state index in [1.54, 1.807) is 17.5 Å². The Morgan fingerprint density at radius 2 is 2.00 bits per heavy atom. The lowest BCUT2D eigenvalue weighted by molar-refractivity contribution is 0.259. The van der Waals surface area contributed by atoms with Crippen LogP contribution in [0.4, 0.5) is 0 Å². The lowest BCUT2D eigenvalue weighted by atomic mass is 10.1. The molecule has 8 nitrogen and oxygen atoms in total. The SMILES string of the molecule is OCCn1nnc(-c2cccc(-c3ccnc4c(-c5ccsc5)cnn34)c2)n1. The maximum Gasteiger partial charge on any atom is 0.204 e. The van der Waals surface area contributed by atoms with Gasteiger partial charge in [-0.05, 0) is 39.7 Å². The lowest BCUT2D eigenvalue weighted by Crippen LogP contribution is -2.05. The first-order chi connectivity index (χ1) is 13.8. The molecule has 1 N–H and O–H groups in total. The monoisotopic (exact) mass is 389 g/mol. The summed E-state index contributed by atoms with van der Waals surface area (Å²) in [5, 5.41) is 30.1. The van der Waals surface area contributed by atoms with Gasteiger partial charge in [0, 0.05) is 22.9 Å². The van der Waals surface area contributed by atoms with Crippen LogP contribution in [0, 0.1) is 0 Å². The van der Waals surface area contributed by atoms with E-state index in [0.717, 1.165) is 33.6 Å². The first-order valence-corrected chi connectivity index (χ1v) is 9.62. The van der Waals surface area contributed by atoms with Crippen LogP contribution >= 0.6 is 11.3 Å². The number of benzene rings is 1. The van der Waals surface area contributed by atoms with Crippen molar-refractivity contribution in [2.75, 3.05) is 6.61 Å². The number of thiophene rings is 1. The van der Waals surface area contributed by atoms with Crippen molar-refractivity contribution >= 4 is 17.0 Å². The van der Waals surface area contributed by atoms with Gasteiger partial charge < -0.3 is 5.11 Å². The van der Waals surface area contributed by atoms with Crippen molar-refractivity contribution in [1.82, 2.24) is 34.8 Å². The number of aliphatic hydroxyl groups excluding tert-OH is 1. The highest BCUT2D eigenvalue weighted by molar-refractivity contribution is 7.08. The Morgan fingerprint density at radius 3 is 2.86 bits per heavy atom. The number of rotatable bonds is 5. The second kappa shape index (κ2) is 6.95. The molecule has 0 saturated heterocycles. The molecule has 9 heteroatoms. The Kier molecular flexibility index (Phi) is 4.15. The van der Waals surface area contributed by atoms with Crippen molar-refractivity contribution < 1.29 is 5.11 Å². The van der Waals surface area contributed by atoms with E-state index < -0.39 is 0 Å². The number of hydrogen-bond donors (Lipinski definition) is 1. The highest BCUT2D eigenvalue weighted by Gasteiger charge is 2.13. The standard InChI is InChI=1S/C19H15N7OS/c27-8-7-25-23-18(22-24-25)14-3-1-2-13(10-14)17-4-6-20-19-16(11-21-26(17)19)15-5-9-28-12-15/h1-6,9-12,27H,7-8H2. The molecule has 0 saturated carbocycles. The molecule has 0 aliphatic carbocycles. The van der Waals surface area contributed by atoms with E-state index in [-0.39, 0.29) is 6.61 Å². The Labute approximate surface area is 163 Å². The van der Waals surface area contributed by atoms with Crippen LogP contribution in [-0.2, 0) is 6.54 Å². The molecule has 0 unspecified atom stereocenters. The zero-order chi connectivity index (χ0) is 18.9. The first-order valence-electron chi connectivity index (χ1n) is 8.68. The molecule has 5 rings (SSSR count). The fourth-order valence-electron chi connectivity index (χ4n) is 3.09. The van der Waals surface area contributed by atoms with E-state index in [4.69, 9.17) is 5.11 Å². The van der Waals surface area contributed by atoms with Crippen molar-refractivity contribution in [3.05, 3.63) is 59.6 Å². The van der Waals surface area contributed by atoms with Crippen LogP contribution in [0.25, 0.3) is 39.4 Å². The minimum absolute atomic E-state index is 0.0312. The minimum atomic E-state index is -0.0312. The number of fused-ring (bicyclic) bond motifs is 1. The third-order valence-electron chi connectivity index (χ3n) is 4.40. The van der Waals surface area contributed by atoms with E-state index >= 15 is 0 Å². The summed E-state index contributed by atoms with van der Waals surface area (Å²) in [7, 11) is 0. The predicted octanol–water partition coefficient (Wildman–Crippen LogP) is 2.77. The summed E-state index contributed by atoms with van der Waals surface area (Å²) < 4.78 is 1.85. The van der Waals surface area contributed by atoms with Gasteiger partial charge in [-0.1, -0.05) is 18.2 Å². The van der Waals surface area contributed by atoms with Crippen LogP contribution in [0.15, 0.2) is 59.6 Å². The number of aromatic nitrogens is 7. The summed E-state index contributed by atoms with van der Waals surface area (Å²) in [5.41, 5.74) is 5.68. The highest BCUT2D eigenvalue weighted by atomic mass is 32.1. The van der Waals surface area contributed by atoms with Gasteiger partial charge in [0.05, 0.1) is 25.0 Å². The minimum Gasteiger partial charge on any atom is -0.394 e. The van der Waals surface area contributed by atoms with Crippen LogP contribution in [0.2, 0.25) is 0 Å². The molecule has 0 spiro atoms. The van der Waals surface area contributed by atoms with Crippen LogP contribution < -0.4 is 0 Å². The smallest absolute Gasteiger partial charge is 0.204 e. The normalized spacial score (nSPS) is 11.3. The van der Waals surface area contributed by atoms with E-state index in [1.165, 1.54) is 4.80 Å². The number of tetrazole rings is 1. The van der Waals surface area contributed by atoms with Gasteiger partial charge in [-0.2, -0.15) is 21.2 Å². The maximum absolute atomic E-state index is 9.02. The second-order valence-corrected chi connectivity index (χ2v) is 6.93. The molecular formula is C19H15N7OS. The van der Waals surface area contributed by atoms with Crippen LogP contribution in [-0.4, -0.2) is 46.5 Å². The molecule has 138 valence electrons.